The second kappa shape index (κ2) is 10.2. The van der Waals surface area contributed by atoms with Gasteiger partial charge in [-0.2, -0.15) is 13.2 Å². The smallest absolute Gasteiger partial charge is 0.475 e. The summed E-state index contributed by atoms with van der Waals surface area (Å²) in [6.07, 6.45) is -1.91. The van der Waals surface area contributed by atoms with Gasteiger partial charge < -0.3 is 20.2 Å². The lowest BCUT2D eigenvalue weighted by Crippen LogP contribution is -2.55. The van der Waals surface area contributed by atoms with Gasteiger partial charge in [0, 0.05) is 36.8 Å². The van der Waals surface area contributed by atoms with Gasteiger partial charge in [0.05, 0.1) is 12.2 Å². The molecule has 0 atom stereocenters. The molecular formula is C21H29F3N4O4. The highest BCUT2D eigenvalue weighted by Gasteiger charge is 2.47. The molecule has 3 rings (SSSR count). The molecule has 0 aromatic carbocycles. The van der Waals surface area contributed by atoms with Crippen LogP contribution in [0.3, 0.4) is 0 Å². The van der Waals surface area contributed by atoms with E-state index in [9.17, 15) is 22.8 Å². The number of hydrogen-bond acceptors (Lipinski definition) is 4. The quantitative estimate of drug-likeness (QED) is 0.725. The molecule has 2 aliphatic rings. The number of aryl methyl sites for hydroxylation is 1. The second-order valence-corrected chi connectivity index (χ2v) is 8.37. The molecule has 1 spiro atoms. The third-order valence-corrected chi connectivity index (χ3v) is 5.58. The average Bonchev–Trinajstić information content (AvgIpc) is 2.97. The van der Waals surface area contributed by atoms with Crippen LogP contribution in [0, 0.1) is 6.92 Å². The first kappa shape index (κ1) is 25.4. The van der Waals surface area contributed by atoms with Crippen LogP contribution in [0.2, 0.25) is 0 Å². The van der Waals surface area contributed by atoms with Gasteiger partial charge in [-0.3, -0.25) is 9.78 Å². The summed E-state index contributed by atoms with van der Waals surface area (Å²) in [5.74, 6) is -2.55. The number of carboxylic acids is 1. The molecule has 0 saturated carbocycles. The summed E-state index contributed by atoms with van der Waals surface area (Å²) in [5.41, 5.74) is 1.80. The summed E-state index contributed by atoms with van der Waals surface area (Å²) in [6.45, 7) is 7.87. The lowest BCUT2D eigenvalue weighted by molar-refractivity contribution is -0.192. The largest absolute Gasteiger partial charge is 0.490 e. The predicted molar refractivity (Wildman–Crippen MR) is 110 cm³/mol. The average molecular weight is 458 g/mol. The van der Waals surface area contributed by atoms with Crippen LogP contribution in [-0.4, -0.2) is 68.6 Å². The minimum Gasteiger partial charge on any atom is -0.475 e. The van der Waals surface area contributed by atoms with Gasteiger partial charge in [-0.15, -0.1) is 0 Å². The second-order valence-electron chi connectivity index (χ2n) is 8.37. The highest BCUT2D eigenvalue weighted by Crippen LogP contribution is 2.40. The van der Waals surface area contributed by atoms with Crippen molar-refractivity contribution in [2.24, 2.45) is 0 Å². The first-order valence-corrected chi connectivity index (χ1v) is 10.4. The maximum atomic E-state index is 12.5. The number of aliphatic carboxylic acids is 1. The first-order valence-electron chi connectivity index (χ1n) is 10.4. The summed E-state index contributed by atoms with van der Waals surface area (Å²) in [6, 6.07) is 6.08. The summed E-state index contributed by atoms with van der Waals surface area (Å²) in [5, 5.41) is 10.1. The highest BCUT2D eigenvalue weighted by molar-refractivity contribution is 5.80. The van der Waals surface area contributed by atoms with E-state index in [2.05, 4.69) is 10.3 Å². The Morgan fingerprint density at radius 2 is 1.81 bits per heavy atom. The summed E-state index contributed by atoms with van der Waals surface area (Å²) in [7, 11) is 0. The number of alkyl halides is 3. The van der Waals surface area contributed by atoms with Crippen LogP contribution in [0.25, 0.3) is 0 Å². The number of carbonyl (C=O) groups is 3. The fourth-order valence-electron chi connectivity index (χ4n) is 3.96. The van der Waals surface area contributed by atoms with Crippen LogP contribution in [0.4, 0.5) is 18.0 Å². The van der Waals surface area contributed by atoms with E-state index in [-0.39, 0.29) is 23.5 Å². The van der Waals surface area contributed by atoms with Crippen LogP contribution in [0.15, 0.2) is 18.2 Å². The maximum absolute atomic E-state index is 12.5. The van der Waals surface area contributed by atoms with E-state index < -0.39 is 12.1 Å². The number of amides is 3. The van der Waals surface area contributed by atoms with Gasteiger partial charge >= 0.3 is 18.2 Å². The third kappa shape index (κ3) is 6.57. The van der Waals surface area contributed by atoms with E-state index in [1.54, 1.807) is 0 Å². The molecule has 3 amide bonds. The molecule has 2 saturated heterocycles. The van der Waals surface area contributed by atoms with Gasteiger partial charge in [0.25, 0.3) is 0 Å². The molecule has 2 fully saturated rings. The number of halogens is 3. The number of urea groups is 1. The minimum absolute atomic E-state index is 0.000995. The monoisotopic (exact) mass is 458 g/mol. The normalized spacial score (nSPS) is 17.9. The molecule has 2 aliphatic heterocycles. The Balaban J connectivity index is 0.000000451. The maximum Gasteiger partial charge on any atom is 0.490 e. The minimum atomic E-state index is -5.08. The molecule has 0 aliphatic carbocycles. The zero-order valence-corrected chi connectivity index (χ0v) is 18.4. The van der Waals surface area contributed by atoms with Gasteiger partial charge in [0.2, 0.25) is 5.91 Å². The fraction of sp³-hybridized carbons (Fsp3) is 0.619. The van der Waals surface area contributed by atoms with Crippen molar-refractivity contribution < 1.29 is 32.7 Å². The van der Waals surface area contributed by atoms with E-state index in [1.807, 2.05) is 48.8 Å². The molecule has 11 heteroatoms. The zero-order chi connectivity index (χ0) is 24.1. The van der Waals surface area contributed by atoms with Crippen molar-refractivity contribution in [2.45, 2.75) is 70.8 Å². The van der Waals surface area contributed by atoms with E-state index in [0.717, 1.165) is 30.7 Å². The molecule has 1 aromatic rings. The van der Waals surface area contributed by atoms with Crippen LogP contribution in [0.5, 0.6) is 0 Å². The Kier molecular flexibility index (Phi) is 8.08. The number of nitrogens with one attached hydrogen (secondary N) is 1. The van der Waals surface area contributed by atoms with E-state index in [4.69, 9.17) is 9.90 Å². The van der Waals surface area contributed by atoms with Crippen molar-refractivity contribution >= 4 is 17.9 Å². The Labute approximate surface area is 184 Å². The number of carboxylic acid groups (broad SMARTS) is 1. The van der Waals surface area contributed by atoms with Crippen molar-refractivity contribution in [3.63, 3.8) is 0 Å². The Morgan fingerprint density at radius 3 is 2.31 bits per heavy atom. The number of carbonyl (C=O) groups excluding carboxylic acids is 2. The molecule has 3 heterocycles. The van der Waals surface area contributed by atoms with Crippen molar-refractivity contribution in [1.82, 2.24) is 20.1 Å². The molecule has 0 bridgehead atoms. The molecule has 32 heavy (non-hydrogen) atoms. The number of rotatable bonds is 3. The molecule has 0 radical (unpaired) electrons. The van der Waals surface area contributed by atoms with E-state index >= 15 is 0 Å². The molecule has 2 N–H and O–H groups in total. The zero-order valence-electron chi connectivity index (χ0n) is 18.4. The van der Waals surface area contributed by atoms with Gasteiger partial charge in [-0.1, -0.05) is 6.07 Å². The van der Waals surface area contributed by atoms with E-state index in [0.29, 0.717) is 26.1 Å². The summed E-state index contributed by atoms with van der Waals surface area (Å²) in [4.78, 5) is 42.1. The number of hydrogen-bond donors (Lipinski definition) is 2. The number of aromatic nitrogens is 1. The lowest BCUT2D eigenvalue weighted by atomic mass is 9.85. The van der Waals surface area contributed by atoms with Crippen molar-refractivity contribution in [3.05, 3.63) is 29.6 Å². The number of piperidine rings is 1. The number of nitrogens with zero attached hydrogens (tertiary/aromatic N) is 3. The molecular weight excluding hydrogens is 429 g/mol. The van der Waals surface area contributed by atoms with Crippen LogP contribution in [-0.2, 0) is 16.1 Å². The number of likely N-dealkylation sites (tertiary alicyclic amines) is 2. The molecule has 0 unspecified atom stereocenters. The first-order chi connectivity index (χ1) is 14.8. The van der Waals surface area contributed by atoms with Gasteiger partial charge in [-0.05, 0) is 52.2 Å². The molecule has 8 nitrogen and oxygen atoms in total. The van der Waals surface area contributed by atoms with Crippen LogP contribution >= 0.6 is 0 Å². The summed E-state index contributed by atoms with van der Waals surface area (Å²) >= 11 is 0. The standard InChI is InChI=1S/C19H28N4O2.C2HF3O2/c1-14(2)20-18(25)22-11-9-19(10-12-22)8-7-17(24)23(19)13-16-6-4-5-15(3)21-16;3-2(4,5)1(6)7/h4-6,14H,7-13H2,1-3H3,(H,20,25);(H,6,7). The van der Waals surface area contributed by atoms with Gasteiger partial charge in [-0.25, -0.2) is 9.59 Å². The van der Waals surface area contributed by atoms with Gasteiger partial charge in [0.15, 0.2) is 0 Å². The lowest BCUT2D eigenvalue weighted by Gasteiger charge is -2.45. The Bertz CT molecular complexity index is 837. The summed E-state index contributed by atoms with van der Waals surface area (Å²) < 4.78 is 31.7. The molecule has 178 valence electrons. The van der Waals surface area contributed by atoms with Crippen molar-refractivity contribution in [3.8, 4) is 0 Å². The highest BCUT2D eigenvalue weighted by atomic mass is 19.4. The predicted octanol–water partition coefficient (Wildman–Crippen LogP) is 3.10. The topological polar surface area (TPSA) is 103 Å². The molecule has 1 aromatic heterocycles. The fourth-order valence-corrected chi connectivity index (χ4v) is 3.96. The van der Waals surface area contributed by atoms with Crippen molar-refractivity contribution in [1.29, 1.82) is 0 Å². The third-order valence-electron chi connectivity index (χ3n) is 5.58. The number of pyridine rings is 1. The van der Waals surface area contributed by atoms with Crippen LogP contribution in [0.1, 0.15) is 50.9 Å². The van der Waals surface area contributed by atoms with Gasteiger partial charge in [0.1, 0.15) is 0 Å². The Hall–Kier alpha value is -2.85. The van der Waals surface area contributed by atoms with Crippen molar-refractivity contribution in [2.75, 3.05) is 13.1 Å². The van der Waals surface area contributed by atoms with Crippen LogP contribution < -0.4 is 5.32 Å². The SMILES string of the molecule is Cc1cccc(CN2C(=O)CCC23CCN(C(=O)NC(C)C)CC3)n1.O=C(O)C(F)(F)F. The van der Waals surface area contributed by atoms with E-state index in [1.165, 1.54) is 0 Å². The Morgan fingerprint density at radius 1 is 1.22 bits per heavy atom.